The Bertz CT molecular complexity index is 522. The highest BCUT2D eigenvalue weighted by atomic mass is 19.1. The molecule has 1 amide bonds. The Morgan fingerprint density at radius 2 is 1.95 bits per heavy atom. The number of nitrogens with one attached hydrogen (secondary N) is 1. The Morgan fingerprint density at radius 1 is 1.36 bits per heavy atom. The number of aliphatic hydroxyl groups excluding tert-OH is 2. The van der Waals surface area contributed by atoms with Crippen LogP contribution in [0.25, 0.3) is 0 Å². The highest BCUT2D eigenvalue weighted by molar-refractivity contribution is 5.94. The smallest absolute Gasteiger partial charge is 0.241 e. The van der Waals surface area contributed by atoms with Crippen LogP contribution in [0.3, 0.4) is 0 Å². The molecular weight excluding hydrogens is 294 g/mol. The molecule has 1 rings (SSSR count). The van der Waals surface area contributed by atoms with Crippen molar-refractivity contribution in [1.29, 1.82) is 0 Å². The monoisotopic (exact) mass is 316 g/mol. The first kappa shape index (κ1) is 18.5. The predicted molar refractivity (Wildman–Crippen MR) is 79.4 cm³/mol. The number of carbonyl (C=O) groups is 1. The third kappa shape index (κ3) is 4.72. The minimum atomic E-state index is -0.848. The van der Waals surface area contributed by atoms with Crippen LogP contribution >= 0.6 is 0 Å². The van der Waals surface area contributed by atoms with Crippen LogP contribution in [-0.4, -0.2) is 53.9 Å². The minimum absolute atomic E-state index is 0.0984. The molecule has 0 fully saturated rings. The van der Waals surface area contributed by atoms with Gasteiger partial charge in [0.15, 0.2) is 0 Å². The number of amides is 1. The SMILES string of the molecule is CC(C(=O)Nc1ccc(F)cc1F)N(C)CC(C)(CO)CO. The summed E-state index contributed by atoms with van der Waals surface area (Å²) in [5.74, 6) is -2.03. The highest BCUT2D eigenvalue weighted by Gasteiger charge is 2.28. The van der Waals surface area contributed by atoms with Crippen molar-refractivity contribution in [2.75, 3.05) is 32.1 Å². The van der Waals surface area contributed by atoms with E-state index in [1.165, 1.54) is 0 Å². The standard InChI is InChI=1S/C15H22F2N2O3/c1-10(19(3)7-15(2,8-20)9-21)14(22)18-13-5-4-11(16)6-12(13)17/h4-6,10,20-21H,7-9H2,1-3H3,(H,18,22). The third-order valence-corrected chi connectivity index (χ3v) is 3.62. The van der Waals surface area contributed by atoms with Gasteiger partial charge in [0, 0.05) is 18.0 Å². The lowest BCUT2D eigenvalue weighted by Gasteiger charge is -2.33. The second kappa shape index (κ2) is 7.62. The van der Waals surface area contributed by atoms with Crippen LogP contribution in [0.1, 0.15) is 13.8 Å². The zero-order valence-electron chi connectivity index (χ0n) is 12.9. The Balaban J connectivity index is 2.72. The molecule has 5 nitrogen and oxygen atoms in total. The molecule has 0 aliphatic carbocycles. The van der Waals surface area contributed by atoms with Crippen LogP contribution in [0, 0.1) is 17.0 Å². The van der Waals surface area contributed by atoms with E-state index in [-0.39, 0.29) is 25.4 Å². The number of aliphatic hydroxyl groups is 2. The summed E-state index contributed by atoms with van der Waals surface area (Å²) < 4.78 is 26.3. The zero-order valence-corrected chi connectivity index (χ0v) is 12.9. The summed E-state index contributed by atoms with van der Waals surface area (Å²) >= 11 is 0. The molecule has 124 valence electrons. The van der Waals surface area contributed by atoms with Crippen molar-refractivity contribution < 1.29 is 23.8 Å². The molecule has 0 saturated heterocycles. The fourth-order valence-electron chi connectivity index (χ4n) is 1.92. The first-order chi connectivity index (χ1) is 10.2. The summed E-state index contributed by atoms with van der Waals surface area (Å²) in [6, 6.07) is 2.28. The summed E-state index contributed by atoms with van der Waals surface area (Å²) in [5.41, 5.74) is -0.844. The van der Waals surface area contributed by atoms with Gasteiger partial charge >= 0.3 is 0 Å². The molecule has 1 unspecified atom stereocenters. The Hall–Kier alpha value is -1.57. The van der Waals surface area contributed by atoms with Crippen molar-refractivity contribution in [3.8, 4) is 0 Å². The van der Waals surface area contributed by atoms with Crippen molar-refractivity contribution in [2.24, 2.45) is 5.41 Å². The highest BCUT2D eigenvalue weighted by Crippen LogP contribution is 2.19. The van der Waals surface area contributed by atoms with Gasteiger partial charge in [-0.05, 0) is 26.1 Å². The van der Waals surface area contributed by atoms with Gasteiger partial charge < -0.3 is 15.5 Å². The van der Waals surface area contributed by atoms with E-state index < -0.39 is 29.0 Å². The van der Waals surface area contributed by atoms with Crippen molar-refractivity contribution in [2.45, 2.75) is 19.9 Å². The maximum atomic E-state index is 13.5. The van der Waals surface area contributed by atoms with E-state index in [0.29, 0.717) is 6.07 Å². The number of hydrogen-bond donors (Lipinski definition) is 3. The van der Waals surface area contributed by atoms with E-state index >= 15 is 0 Å². The first-order valence-corrected chi connectivity index (χ1v) is 6.90. The van der Waals surface area contributed by atoms with Gasteiger partial charge in [0.2, 0.25) is 5.91 Å². The fraction of sp³-hybridized carbons (Fsp3) is 0.533. The van der Waals surface area contributed by atoms with Crippen LogP contribution < -0.4 is 5.32 Å². The van der Waals surface area contributed by atoms with E-state index in [9.17, 15) is 23.8 Å². The number of likely N-dealkylation sites (N-methyl/N-ethyl adjacent to an activating group) is 1. The molecular formula is C15H22F2N2O3. The summed E-state index contributed by atoms with van der Waals surface area (Å²) in [6.45, 7) is 3.13. The topological polar surface area (TPSA) is 72.8 Å². The molecule has 0 saturated carbocycles. The molecule has 0 heterocycles. The van der Waals surface area contributed by atoms with Crippen molar-refractivity contribution in [1.82, 2.24) is 4.90 Å². The maximum absolute atomic E-state index is 13.5. The average molecular weight is 316 g/mol. The molecule has 0 aliphatic heterocycles. The third-order valence-electron chi connectivity index (χ3n) is 3.62. The zero-order chi connectivity index (χ0) is 16.9. The summed E-state index contributed by atoms with van der Waals surface area (Å²) in [4.78, 5) is 13.8. The van der Waals surface area contributed by atoms with Crippen LogP contribution in [0.15, 0.2) is 18.2 Å². The number of benzene rings is 1. The van der Waals surface area contributed by atoms with E-state index in [1.807, 2.05) is 0 Å². The molecule has 0 bridgehead atoms. The van der Waals surface area contributed by atoms with E-state index in [2.05, 4.69) is 5.32 Å². The molecule has 7 heteroatoms. The molecule has 3 N–H and O–H groups in total. The van der Waals surface area contributed by atoms with E-state index in [4.69, 9.17) is 0 Å². The molecule has 1 aromatic rings. The van der Waals surface area contributed by atoms with Gasteiger partial charge in [-0.3, -0.25) is 9.69 Å². The summed E-state index contributed by atoms with van der Waals surface area (Å²) in [5, 5.41) is 21.0. The molecule has 0 aromatic heterocycles. The van der Waals surface area contributed by atoms with Crippen molar-refractivity contribution >= 4 is 11.6 Å². The Kier molecular flexibility index (Phi) is 6.40. The quantitative estimate of drug-likeness (QED) is 0.707. The molecule has 0 spiro atoms. The van der Waals surface area contributed by atoms with Gasteiger partial charge in [0.25, 0.3) is 0 Å². The van der Waals surface area contributed by atoms with E-state index in [1.54, 1.807) is 25.8 Å². The van der Waals surface area contributed by atoms with Crippen molar-refractivity contribution in [3.63, 3.8) is 0 Å². The molecule has 1 atom stereocenters. The molecule has 0 radical (unpaired) electrons. The summed E-state index contributed by atoms with van der Waals surface area (Å²) in [6.07, 6.45) is 0. The lowest BCUT2D eigenvalue weighted by molar-refractivity contribution is -0.121. The van der Waals surface area contributed by atoms with Gasteiger partial charge in [0.05, 0.1) is 24.9 Å². The van der Waals surface area contributed by atoms with Gasteiger partial charge in [-0.15, -0.1) is 0 Å². The van der Waals surface area contributed by atoms with Gasteiger partial charge in [0.1, 0.15) is 11.6 Å². The lowest BCUT2D eigenvalue weighted by atomic mass is 9.92. The number of hydrogen-bond acceptors (Lipinski definition) is 4. The first-order valence-electron chi connectivity index (χ1n) is 6.90. The average Bonchev–Trinajstić information content (AvgIpc) is 2.48. The van der Waals surface area contributed by atoms with Crippen LogP contribution in [0.4, 0.5) is 14.5 Å². The molecule has 1 aromatic carbocycles. The number of nitrogens with zero attached hydrogens (tertiary/aromatic N) is 1. The normalized spacial score (nSPS) is 13.3. The molecule has 0 aliphatic rings. The van der Waals surface area contributed by atoms with E-state index in [0.717, 1.165) is 12.1 Å². The lowest BCUT2D eigenvalue weighted by Crippen LogP contribution is -2.47. The van der Waals surface area contributed by atoms with Gasteiger partial charge in [-0.2, -0.15) is 0 Å². The number of carbonyl (C=O) groups excluding carboxylic acids is 1. The van der Waals surface area contributed by atoms with Crippen molar-refractivity contribution in [3.05, 3.63) is 29.8 Å². The maximum Gasteiger partial charge on any atom is 0.241 e. The van der Waals surface area contributed by atoms with Gasteiger partial charge in [-0.1, -0.05) is 6.92 Å². The predicted octanol–water partition coefficient (Wildman–Crippen LogP) is 1.21. The second-order valence-electron chi connectivity index (χ2n) is 5.83. The summed E-state index contributed by atoms with van der Waals surface area (Å²) in [7, 11) is 1.66. The fourth-order valence-corrected chi connectivity index (χ4v) is 1.92. The largest absolute Gasteiger partial charge is 0.396 e. The van der Waals surface area contributed by atoms with Crippen LogP contribution in [0.5, 0.6) is 0 Å². The number of halogens is 2. The van der Waals surface area contributed by atoms with Crippen LogP contribution in [0.2, 0.25) is 0 Å². The molecule has 22 heavy (non-hydrogen) atoms. The Morgan fingerprint density at radius 3 is 2.45 bits per heavy atom. The Labute approximate surface area is 128 Å². The second-order valence-corrected chi connectivity index (χ2v) is 5.83. The minimum Gasteiger partial charge on any atom is -0.396 e. The van der Waals surface area contributed by atoms with Gasteiger partial charge in [-0.25, -0.2) is 8.78 Å². The number of anilines is 1. The van der Waals surface area contributed by atoms with Crippen LogP contribution in [-0.2, 0) is 4.79 Å². The number of rotatable bonds is 7.